The first-order valence-electron chi connectivity index (χ1n) is 6.00. The summed E-state index contributed by atoms with van der Waals surface area (Å²) in [6.45, 7) is 0.121. The Morgan fingerprint density at radius 1 is 1.45 bits per heavy atom. The molecule has 1 rings (SSSR count). The summed E-state index contributed by atoms with van der Waals surface area (Å²) >= 11 is 0. The van der Waals surface area contributed by atoms with Crippen LogP contribution in [0.15, 0.2) is 24.3 Å². The molecule has 7 heteroatoms. The van der Waals surface area contributed by atoms with Gasteiger partial charge in [0.1, 0.15) is 0 Å². The average molecular weight is 296 g/mol. The molecule has 0 aliphatic carbocycles. The number of sulfonamides is 1. The molecule has 1 N–H and O–H groups in total. The molecule has 0 aliphatic heterocycles. The number of hydrogen-bond acceptors (Lipinski definition) is 5. The third kappa shape index (κ3) is 5.82. The van der Waals surface area contributed by atoms with E-state index in [1.165, 1.54) is 7.11 Å². The Labute approximate surface area is 118 Å². The van der Waals surface area contributed by atoms with E-state index in [2.05, 4.69) is 9.46 Å². The van der Waals surface area contributed by atoms with Crippen LogP contribution in [0.25, 0.3) is 0 Å². The van der Waals surface area contributed by atoms with Gasteiger partial charge in [-0.2, -0.15) is 5.26 Å². The quantitative estimate of drug-likeness (QED) is 0.755. The molecule has 0 saturated heterocycles. The highest BCUT2D eigenvalue weighted by Crippen LogP contribution is 2.05. The first-order chi connectivity index (χ1) is 9.46. The van der Waals surface area contributed by atoms with Gasteiger partial charge in [0.15, 0.2) is 0 Å². The molecule has 6 nitrogen and oxygen atoms in total. The van der Waals surface area contributed by atoms with Crippen molar-refractivity contribution in [3.05, 3.63) is 35.4 Å². The fourth-order valence-corrected chi connectivity index (χ4v) is 2.58. The SMILES string of the molecule is COC(=O)CCCS(=O)(=O)NCc1cccc(C#N)c1. The van der Waals surface area contributed by atoms with Crippen LogP contribution in [-0.4, -0.2) is 27.2 Å². The molecule has 108 valence electrons. The van der Waals surface area contributed by atoms with Crippen molar-refractivity contribution in [2.75, 3.05) is 12.9 Å². The van der Waals surface area contributed by atoms with Crippen molar-refractivity contribution < 1.29 is 17.9 Å². The second kappa shape index (κ2) is 7.62. The Morgan fingerprint density at radius 2 is 2.20 bits per heavy atom. The summed E-state index contributed by atoms with van der Waals surface area (Å²) in [5.41, 5.74) is 1.19. The predicted molar refractivity (Wildman–Crippen MR) is 73.0 cm³/mol. The van der Waals surface area contributed by atoms with E-state index in [9.17, 15) is 13.2 Å². The number of esters is 1. The first kappa shape index (κ1) is 16.1. The molecule has 0 aromatic heterocycles. The zero-order valence-corrected chi connectivity index (χ0v) is 11.9. The van der Waals surface area contributed by atoms with Gasteiger partial charge in [0.25, 0.3) is 0 Å². The summed E-state index contributed by atoms with van der Waals surface area (Å²) in [7, 11) is -2.18. The monoisotopic (exact) mass is 296 g/mol. The molecule has 0 amide bonds. The standard InChI is InChI=1S/C13H16N2O4S/c1-19-13(16)6-3-7-20(17,18)15-10-12-5-2-4-11(8-12)9-14/h2,4-5,8,15H,3,6-7,10H2,1H3. The molecule has 0 radical (unpaired) electrons. The van der Waals surface area contributed by atoms with Crippen molar-refractivity contribution in [3.8, 4) is 6.07 Å². The van der Waals surface area contributed by atoms with Gasteiger partial charge in [0, 0.05) is 13.0 Å². The maximum absolute atomic E-state index is 11.7. The van der Waals surface area contributed by atoms with E-state index in [1.807, 2.05) is 6.07 Å². The number of carbonyl (C=O) groups is 1. The summed E-state index contributed by atoms with van der Waals surface area (Å²) in [5.74, 6) is -0.568. The zero-order chi connectivity index (χ0) is 15.0. The third-order valence-electron chi connectivity index (χ3n) is 2.57. The Morgan fingerprint density at radius 3 is 2.85 bits per heavy atom. The van der Waals surface area contributed by atoms with Gasteiger partial charge in [-0.15, -0.1) is 0 Å². The molecule has 0 atom stereocenters. The van der Waals surface area contributed by atoms with Gasteiger partial charge in [0.05, 0.1) is 24.5 Å². The highest BCUT2D eigenvalue weighted by molar-refractivity contribution is 7.89. The molecule has 20 heavy (non-hydrogen) atoms. The second-order valence-electron chi connectivity index (χ2n) is 4.13. The highest BCUT2D eigenvalue weighted by atomic mass is 32.2. The van der Waals surface area contributed by atoms with Crippen molar-refractivity contribution in [1.29, 1.82) is 5.26 Å². The maximum Gasteiger partial charge on any atom is 0.305 e. The molecule has 0 unspecified atom stereocenters. The van der Waals surface area contributed by atoms with Crippen LogP contribution in [-0.2, 0) is 26.1 Å². The molecular weight excluding hydrogens is 280 g/mol. The molecule has 0 saturated carbocycles. The Bertz CT molecular complexity index is 605. The minimum Gasteiger partial charge on any atom is -0.469 e. The van der Waals surface area contributed by atoms with Crippen molar-refractivity contribution in [2.24, 2.45) is 0 Å². The molecule has 1 aromatic rings. The second-order valence-corrected chi connectivity index (χ2v) is 6.06. The summed E-state index contributed by atoms with van der Waals surface area (Å²) in [5, 5.41) is 8.75. The largest absolute Gasteiger partial charge is 0.469 e. The fourth-order valence-electron chi connectivity index (χ4n) is 1.52. The molecule has 0 heterocycles. The van der Waals surface area contributed by atoms with E-state index in [0.29, 0.717) is 11.1 Å². The van der Waals surface area contributed by atoms with Gasteiger partial charge >= 0.3 is 5.97 Å². The number of methoxy groups -OCH3 is 1. The lowest BCUT2D eigenvalue weighted by Crippen LogP contribution is -2.26. The van der Waals surface area contributed by atoms with Gasteiger partial charge in [0.2, 0.25) is 10.0 Å². The number of rotatable bonds is 7. The smallest absolute Gasteiger partial charge is 0.305 e. The molecular formula is C13H16N2O4S. The molecule has 0 aliphatic rings. The van der Waals surface area contributed by atoms with Crippen LogP contribution in [0.1, 0.15) is 24.0 Å². The van der Waals surface area contributed by atoms with E-state index in [1.54, 1.807) is 24.3 Å². The van der Waals surface area contributed by atoms with Crippen LogP contribution in [0.4, 0.5) is 0 Å². The van der Waals surface area contributed by atoms with Crippen LogP contribution in [0.5, 0.6) is 0 Å². The van der Waals surface area contributed by atoms with Crippen LogP contribution in [0.3, 0.4) is 0 Å². The van der Waals surface area contributed by atoms with E-state index in [4.69, 9.17) is 5.26 Å². The Kier molecular flexibility index (Phi) is 6.15. The number of nitrogens with zero attached hydrogens (tertiary/aromatic N) is 1. The normalized spacial score (nSPS) is 10.8. The van der Waals surface area contributed by atoms with Gasteiger partial charge in [-0.05, 0) is 24.1 Å². The maximum atomic E-state index is 11.7. The minimum atomic E-state index is -3.44. The number of benzene rings is 1. The van der Waals surface area contributed by atoms with E-state index in [-0.39, 0.29) is 25.1 Å². The Hall–Kier alpha value is -1.91. The molecule has 0 spiro atoms. The fraction of sp³-hybridized carbons (Fsp3) is 0.385. The topological polar surface area (TPSA) is 96.3 Å². The number of hydrogen-bond donors (Lipinski definition) is 1. The zero-order valence-electron chi connectivity index (χ0n) is 11.1. The van der Waals surface area contributed by atoms with Gasteiger partial charge in [-0.3, -0.25) is 4.79 Å². The molecule has 0 bridgehead atoms. The lowest BCUT2D eigenvalue weighted by Gasteiger charge is -2.06. The highest BCUT2D eigenvalue weighted by Gasteiger charge is 2.11. The number of ether oxygens (including phenoxy) is 1. The number of carbonyl (C=O) groups excluding carboxylic acids is 1. The first-order valence-corrected chi connectivity index (χ1v) is 7.65. The summed E-state index contributed by atoms with van der Waals surface area (Å²) in [6.07, 6.45) is 0.279. The van der Waals surface area contributed by atoms with Gasteiger partial charge in [-0.1, -0.05) is 12.1 Å². The molecule has 1 aromatic carbocycles. The number of nitriles is 1. The lowest BCUT2D eigenvalue weighted by atomic mass is 10.1. The predicted octanol–water partition coefficient (Wildman–Crippen LogP) is 0.931. The van der Waals surface area contributed by atoms with E-state index in [0.717, 1.165) is 0 Å². The van der Waals surface area contributed by atoms with E-state index >= 15 is 0 Å². The van der Waals surface area contributed by atoms with Crippen LogP contribution in [0.2, 0.25) is 0 Å². The average Bonchev–Trinajstić information content (AvgIpc) is 2.45. The van der Waals surface area contributed by atoms with Crippen molar-refractivity contribution in [3.63, 3.8) is 0 Å². The van der Waals surface area contributed by atoms with Gasteiger partial charge < -0.3 is 4.74 Å². The summed E-state index contributed by atoms with van der Waals surface area (Å²) in [4.78, 5) is 10.9. The van der Waals surface area contributed by atoms with Crippen LogP contribution < -0.4 is 4.72 Å². The van der Waals surface area contributed by atoms with Crippen LogP contribution in [0, 0.1) is 11.3 Å². The van der Waals surface area contributed by atoms with Crippen LogP contribution >= 0.6 is 0 Å². The summed E-state index contributed by atoms with van der Waals surface area (Å²) < 4.78 is 30.3. The minimum absolute atomic E-state index is 0.0708. The summed E-state index contributed by atoms with van der Waals surface area (Å²) in [6, 6.07) is 8.69. The van der Waals surface area contributed by atoms with Gasteiger partial charge in [-0.25, -0.2) is 13.1 Å². The lowest BCUT2D eigenvalue weighted by molar-refractivity contribution is -0.140. The third-order valence-corrected chi connectivity index (χ3v) is 3.98. The van der Waals surface area contributed by atoms with Crippen molar-refractivity contribution in [2.45, 2.75) is 19.4 Å². The van der Waals surface area contributed by atoms with E-state index < -0.39 is 16.0 Å². The number of nitrogens with one attached hydrogen (secondary N) is 1. The van der Waals surface area contributed by atoms with Crippen molar-refractivity contribution in [1.82, 2.24) is 4.72 Å². The Balaban J connectivity index is 2.47. The molecule has 0 fully saturated rings. The van der Waals surface area contributed by atoms with Crippen molar-refractivity contribution >= 4 is 16.0 Å².